The van der Waals surface area contributed by atoms with E-state index in [-0.39, 0.29) is 0 Å². The Kier molecular flexibility index (Phi) is 5.96. The standard InChI is InChI=1S/C16H30N6O/c1-3-15(16-17-18-19-22(16)12-13-23-2)21-10-8-20(9-11-21)14-6-4-5-7-14/h14-15H,3-13H2,1-2H3/t15-/m0/s1. The van der Waals surface area contributed by atoms with E-state index >= 15 is 0 Å². The highest BCUT2D eigenvalue weighted by molar-refractivity contribution is 4.95. The summed E-state index contributed by atoms with van der Waals surface area (Å²) in [6.45, 7) is 8.19. The summed E-state index contributed by atoms with van der Waals surface area (Å²) < 4.78 is 7.07. The van der Waals surface area contributed by atoms with Gasteiger partial charge in [-0.3, -0.25) is 9.80 Å². The van der Waals surface area contributed by atoms with Crippen molar-refractivity contribution in [3.63, 3.8) is 0 Å². The fourth-order valence-electron chi connectivity index (χ4n) is 4.07. The van der Waals surface area contributed by atoms with Crippen LogP contribution in [0.25, 0.3) is 0 Å². The van der Waals surface area contributed by atoms with Crippen LogP contribution in [0.15, 0.2) is 0 Å². The number of piperazine rings is 1. The second-order valence-corrected chi connectivity index (χ2v) is 6.69. The Morgan fingerprint density at radius 2 is 1.91 bits per heavy atom. The summed E-state index contributed by atoms with van der Waals surface area (Å²) in [6.07, 6.45) is 6.66. The summed E-state index contributed by atoms with van der Waals surface area (Å²) in [6, 6.07) is 1.15. The molecular formula is C16H30N6O. The minimum atomic E-state index is 0.313. The summed E-state index contributed by atoms with van der Waals surface area (Å²) in [5.74, 6) is 0.985. The van der Waals surface area contributed by atoms with Gasteiger partial charge in [-0.1, -0.05) is 19.8 Å². The summed E-state index contributed by atoms with van der Waals surface area (Å²) in [5, 5.41) is 12.3. The second-order valence-electron chi connectivity index (χ2n) is 6.69. The minimum Gasteiger partial charge on any atom is -0.383 e. The molecule has 7 nitrogen and oxygen atoms in total. The summed E-state index contributed by atoms with van der Waals surface area (Å²) in [7, 11) is 1.71. The Bertz CT molecular complexity index is 465. The molecule has 3 rings (SSSR count). The number of nitrogens with zero attached hydrogens (tertiary/aromatic N) is 6. The zero-order valence-electron chi connectivity index (χ0n) is 14.5. The monoisotopic (exact) mass is 322 g/mol. The maximum atomic E-state index is 5.16. The van der Waals surface area contributed by atoms with Gasteiger partial charge < -0.3 is 4.74 Å². The number of hydrogen-bond donors (Lipinski definition) is 0. The summed E-state index contributed by atoms with van der Waals surface area (Å²) in [5.41, 5.74) is 0. The average Bonchev–Trinajstić information content (AvgIpc) is 3.26. The van der Waals surface area contributed by atoms with Crippen LogP contribution >= 0.6 is 0 Å². The van der Waals surface area contributed by atoms with E-state index in [0.717, 1.165) is 37.9 Å². The third kappa shape index (κ3) is 3.89. The quantitative estimate of drug-likeness (QED) is 0.755. The van der Waals surface area contributed by atoms with E-state index in [0.29, 0.717) is 12.6 Å². The second kappa shape index (κ2) is 8.17. The molecule has 0 amide bonds. The van der Waals surface area contributed by atoms with Crippen LogP contribution in [0, 0.1) is 0 Å². The third-order valence-electron chi connectivity index (χ3n) is 5.38. The Balaban J connectivity index is 1.60. The molecule has 130 valence electrons. The van der Waals surface area contributed by atoms with Crippen LogP contribution in [0.2, 0.25) is 0 Å². The lowest BCUT2D eigenvalue weighted by Crippen LogP contribution is -2.50. The molecule has 7 heteroatoms. The minimum absolute atomic E-state index is 0.313. The molecule has 2 heterocycles. The van der Waals surface area contributed by atoms with Crippen molar-refractivity contribution in [1.29, 1.82) is 0 Å². The van der Waals surface area contributed by atoms with Crippen LogP contribution in [0.1, 0.15) is 50.9 Å². The molecule has 0 radical (unpaired) electrons. The smallest absolute Gasteiger partial charge is 0.168 e. The Labute approximate surface area is 139 Å². The van der Waals surface area contributed by atoms with E-state index in [2.05, 4.69) is 32.2 Å². The van der Waals surface area contributed by atoms with Gasteiger partial charge in [-0.05, 0) is 29.7 Å². The fourth-order valence-corrected chi connectivity index (χ4v) is 4.07. The van der Waals surface area contributed by atoms with Crippen molar-refractivity contribution in [1.82, 2.24) is 30.0 Å². The molecule has 0 unspecified atom stereocenters. The van der Waals surface area contributed by atoms with E-state index in [9.17, 15) is 0 Å². The van der Waals surface area contributed by atoms with Crippen molar-refractivity contribution >= 4 is 0 Å². The number of ether oxygens (including phenoxy) is 1. The van der Waals surface area contributed by atoms with Crippen molar-refractivity contribution in [2.45, 2.75) is 57.7 Å². The summed E-state index contributed by atoms with van der Waals surface area (Å²) >= 11 is 0. The van der Waals surface area contributed by atoms with Crippen molar-refractivity contribution < 1.29 is 4.74 Å². The molecule has 1 saturated carbocycles. The topological polar surface area (TPSA) is 59.3 Å². The van der Waals surface area contributed by atoms with Gasteiger partial charge in [-0.15, -0.1) is 5.10 Å². The van der Waals surface area contributed by atoms with Crippen LogP contribution in [0.5, 0.6) is 0 Å². The first-order valence-corrected chi connectivity index (χ1v) is 9.06. The van der Waals surface area contributed by atoms with Gasteiger partial charge in [0.2, 0.25) is 0 Å². The van der Waals surface area contributed by atoms with Gasteiger partial charge in [0.15, 0.2) is 5.82 Å². The molecule has 0 bridgehead atoms. The predicted octanol–water partition coefficient (Wildman–Crippen LogP) is 1.33. The first kappa shape index (κ1) is 16.8. The van der Waals surface area contributed by atoms with Crippen molar-refractivity contribution in [2.24, 2.45) is 0 Å². The SMILES string of the molecule is CC[C@@H](c1nnnn1CCOC)N1CCN(C2CCCC2)CC1. The van der Waals surface area contributed by atoms with Gasteiger partial charge in [0.25, 0.3) is 0 Å². The van der Waals surface area contributed by atoms with Gasteiger partial charge in [0, 0.05) is 39.3 Å². The number of aromatic nitrogens is 4. The number of rotatable bonds is 7. The lowest BCUT2D eigenvalue weighted by molar-refractivity contribution is 0.0637. The Morgan fingerprint density at radius 3 is 2.57 bits per heavy atom. The first-order valence-electron chi connectivity index (χ1n) is 9.06. The van der Waals surface area contributed by atoms with E-state index in [4.69, 9.17) is 4.74 Å². The largest absolute Gasteiger partial charge is 0.383 e. The highest BCUT2D eigenvalue weighted by Crippen LogP contribution is 2.27. The molecule has 1 aromatic rings. The lowest BCUT2D eigenvalue weighted by atomic mass is 10.1. The molecule has 1 saturated heterocycles. The van der Waals surface area contributed by atoms with E-state index in [1.807, 2.05) is 4.68 Å². The lowest BCUT2D eigenvalue weighted by Gasteiger charge is -2.40. The van der Waals surface area contributed by atoms with Crippen molar-refractivity contribution in [3.05, 3.63) is 5.82 Å². The molecule has 1 atom stereocenters. The molecule has 2 aliphatic rings. The molecule has 0 N–H and O–H groups in total. The van der Waals surface area contributed by atoms with Gasteiger partial charge in [-0.2, -0.15) is 0 Å². The van der Waals surface area contributed by atoms with Crippen LogP contribution in [0.3, 0.4) is 0 Å². The molecule has 1 aromatic heterocycles. The molecule has 0 spiro atoms. The normalized spacial score (nSPS) is 22.7. The van der Waals surface area contributed by atoms with Gasteiger partial charge >= 0.3 is 0 Å². The fraction of sp³-hybridized carbons (Fsp3) is 0.938. The van der Waals surface area contributed by atoms with E-state index < -0.39 is 0 Å². The average molecular weight is 322 g/mol. The number of methoxy groups -OCH3 is 1. The number of tetrazole rings is 1. The molecule has 0 aromatic carbocycles. The van der Waals surface area contributed by atoms with Gasteiger partial charge in [0.1, 0.15) is 0 Å². The highest BCUT2D eigenvalue weighted by Gasteiger charge is 2.31. The van der Waals surface area contributed by atoms with E-state index in [1.54, 1.807) is 7.11 Å². The Morgan fingerprint density at radius 1 is 1.17 bits per heavy atom. The Hall–Kier alpha value is -1.05. The van der Waals surface area contributed by atoms with Crippen LogP contribution in [-0.2, 0) is 11.3 Å². The zero-order chi connectivity index (χ0) is 16.1. The first-order chi connectivity index (χ1) is 11.3. The van der Waals surface area contributed by atoms with Crippen molar-refractivity contribution in [2.75, 3.05) is 39.9 Å². The van der Waals surface area contributed by atoms with Crippen LogP contribution < -0.4 is 0 Å². The molecule has 1 aliphatic heterocycles. The van der Waals surface area contributed by atoms with E-state index in [1.165, 1.54) is 38.8 Å². The maximum absolute atomic E-state index is 5.16. The molecule has 2 fully saturated rings. The van der Waals surface area contributed by atoms with Crippen molar-refractivity contribution in [3.8, 4) is 0 Å². The number of hydrogen-bond acceptors (Lipinski definition) is 6. The van der Waals surface area contributed by atoms with Crippen LogP contribution in [-0.4, -0.2) is 75.9 Å². The zero-order valence-corrected chi connectivity index (χ0v) is 14.5. The van der Waals surface area contributed by atoms with Gasteiger partial charge in [-0.25, -0.2) is 4.68 Å². The molecular weight excluding hydrogens is 292 g/mol. The maximum Gasteiger partial charge on any atom is 0.168 e. The van der Waals surface area contributed by atoms with Crippen LogP contribution in [0.4, 0.5) is 0 Å². The molecule has 23 heavy (non-hydrogen) atoms. The summed E-state index contributed by atoms with van der Waals surface area (Å²) in [4.78, 5) is 5.25. The predicted molar refractivity (Wildman–Crippen MR) is 88.1 cm³/mol. The van der Waals surface area contributed by atoms with Gasteiger partial charge in [0.05, 0.1) is 19.2 Å². The molecule has 1 aliphatic carbocycles. The highest BCUT2D eigenvalue weighted by atomic mass is 16.5. The third-order valence-corrected chi connectivity index (χ3v) is 5.38.